The van der Waals surface area contributed by atoms with Gasteiger partial charge in [0.05, 0.1) is 6.61 Å². The Morgan fingerprint density at radius 2 is 2.00 bits per heavy atom. The molecule has 2 aliphatic rings. The van der Waals surface area contributed by atoms with Gasteiger partial charge in [0.25, 0.3) is 5.91 Å². The second kappa shape index (κ2) is 8.55. The van der Waals surface area contributed by atoms with E-state index in [-0.39, 0.29) is 18.1 Å². The summed E-state index contributed by atoms with van der Waals surface area (Å²) in [7, 11) is 0. The highest BCUT2D eigenvalue weighted by Gasteiger charge is 2.44. The summed E-state index contributed by atoms with van der Waals surface area (Å²) in [6, 6.07) is 11.7. The third-order valence-corrected chi connectivity index (χ3v) is 6.40. The van der Waals surface area contributed by atoms with Crippen molar-refractivity contribution in [2.45, 2.75) is 24.8 Å². The first-order valence-corrected chi connectivity index (χ1v) is 10.8. The van der Waals surface area contributed by atoms with Crippen LogP contribution < -0.4 is 9.47 Å². The minimum Gasteiger partial charge on any atom is -0.464 e. The second-order valence-electron chi connectivity index (χ2n) is 6.67. The minimum absolute atomic E-state index is 0.126. The molecule has 152 valence electrons. The van der Waals surface area contributed by atoms with Gasteiger partial charge in [0.15, 0.2) is 11.5 Å². The van der Waals surface area contributed by atoms with E-state index in [9.17, 15) is 9.59 Å². The van der Waals surface area contributed by atoms with Gasteiger partial charge in [-0.3, -0.25) is 4.79 Å². The minimum atomic E-state index is -0.689. The number of amides is 1. The summed E-state index contributed by atoms with van der Waals surface area (Å²) >= 11 is 7.90. The van der Waals surface area contributed by atoms with E-state index in [0.29, 0.717) is 34.4 Å². The number of thioether (sulfide) groups is 1. The predicted molar refractivity (Wildman–Crippen MR) is 110 cm³/mol. The monoisotopic (exact) mass is 433 g/mol. The van der Waals surface area contributed by atoms with Gasteiger partial charge in [0, 0.05) is 21.9 Å². The summed E-state index contributed by atoms with van der Waals surface area (Å²) < 4.78 is 16.1. The molecule has 1 fully saturated rings. The standard InChI is InChI=1S/C21H20ClNO5S/c1-2-9-26-21(25)16-11-29-20(14-5-3-4-6-15(14)22)23(16)19(24)13-7-8-17-18(10-13)28-12-27-17/h3-8,10,16,20H,2,9,11-12H2,1H3. The van der Waals surface area contributed by atoms with Crippen molar-refractivity contribution in [1.29, 1.82) is 0 Å². The van der Waals surface area contributed by atoms with E-state index >= 15 is 0 Å². The maximum atomic E-state index is 13.5. The highest BCUT2D eigenvalue weighted by atomic mass is 35.5. The highest BCUT2D eigenvalue weighted by Crippen LogP contribution is 2.45. The number of hydrogen-bond donors (Lipinski definition) is 0. The molecule has 0 saturated carbocycles. The van der Waals surface area contributed by atoms with Crippen molar-refractivity contribution in [2.24, 2.45) is 0 Å². The second-order valence-corrected chi connectivity index (χ2v) is 8.19. The number of ether oxygens (including phenoxy) is 3. The number of esters is 1. The van der Waals surface area contributed by atoms with Crippen LogP contribution in [0, 0.1) is 0 Å². The van der Waals surface area contributed by atoms with Crippen LogP contribution in [0.3, 0.4) is 0 Å². The molecule has 2 unspecified atom stereocenters. The van der Waals surface area contributed by atoms with Gasteiger partial charge < -0.3 is 19.1 Å². The molecule has 8 heteroatoms. The van der Waals surface area contributed by atoms with Gasteiger partial charge in [0.1, 0.15) is 11.4 Å². The largest absolute Gasteiger partial charge is 0.464 e. The molecule has 2 heterocycles. The van der Waals surface area contributed by atoms with Gasteiger partial charge in [-0.05, 0) is 30.7 Å². The molecule has 2 atom stereocenters. The lowest BCUT2D eigenvalue weighted by Gasteiger charge is -2.29. The molecule has 2 aliphatic heterocycles. The van der Waals surface area contributed by atoms with Crippen LogP contribution in [0.25, 0.3) is 0 Å². The normalized spacial score (nSPS) is 20.0. The summed E-state index contributed by atoms with van der Waals surface area (Å²) in [6.45, 7) is 2.38. The van der Waals surface area contributed by atoms with Crippen molar-refractivity contribution >= 4 is 35.2 Å². The first kappa shape index (κ1) is 19.9. The van der Waals surface area contributed by atoms with Crippen LogP contribution in [0.5, 0.6) is 11.5 Å². The smallest absolute Gasteiger partial charge is 0.329 e. The number of rotatable bonds is 5. The number of carbonyl (C=O) groups excluding carboxylic acids is 2. The zero-order valence-corrected chi connectivity index (χ0v) is 17.4. The molecular weight excluding hydrogens is 414 g/mol. The molecular formula is C21H20ClNO5S. The van der Waals surface area contributed by atoms with Gasteiger partial charge in [-0.25, -0.2) is 4.79 Å². The van der Waals surface area contributed by atoms with Gasteiger partial charge in [-0.1, -0.05) is 36.7 Å². The van der Waals surface area contributed by atoms with Crippen molar-refractivity contribution in [3.8, 4) is 11.5 Å². The van der Waals surface area contributed by atoms with Crippen LogP contribution in [0.4, 0.5) is 0 Å². The molecule has 0 aromatic heterocycles. The zero-order valence-electron chi connectivity index (χ0n) is 15.8. The Morgan fingerprint density at radius 1 is 1.21 bits per heavy atom. The number of hydrogen-bond acceptors (Lipinski definition) is 6. The van der Waals surface area contributed by atoms with Crippen molar-refractivity contribution in [2.75, 3.05) is 19.2 Å². The van der Waals surface area contributed by atoms with Crippen molar-refractivity contribution in [3.63, 3.8) is 0 Å². The Kier molecular flexibility index (Phi) is 5.87. The topological polar surface area (TPSA) is 65.1 Å². The maximum Gasteiger partial charge on any atom is 0.329 e. The van der Waals surface area contributed by atoms with Crippen molar-refractivity contribution in [1.82, 2.24) is 4.90 Å². The molecule has 1 saturated heterocycles. The van der Waals surface area contributed by atoms with Crippen LogP contribution >= 0.6 is 23.4 Å². The number of benzene rings is 2. The Labute approximate surface area is 178 Å². The van der Waals surface area contributed by atoms with Crippen LogP contribution in [-0.2, 0) is 9.53 Å². The van der Waals surface area contributed by atoms with E-state index in [0.717, 1.165) is 12.0 Å². The molecule has 0 aliphatic carbocycles. The van der Waals surface area contributed by atoms with E-state index < -0.39 is 12.0 Å². The molecule has 0 N–H and O–H groups in total. The fourth-order valence-corrected chi connectivity index (χ4v) is 5.08. The van der Waals surface area contributed by atoms with Gasteiger partial charge in [-0.2, -0.15) is 0 Å². The fourth-order valence-electron chi connectivity index (χ4n) is 3.33. The van der Waals surface area contributed by atoms with E-state index in [1.165, 1.54) is 11.8 Å². The molecule has 4 rings (SSSR count). The summed E-state index contributed by atoms with van der Waals surface area (Å²) in [5.74, 6) is 0.870. The molecule has 2 aromatic rings. The van der Waals surface area contributed by atoms with Gasteiger partial charge in [0.2, 0.25) is 6.79 Å². The molecule has 6 nitrogen and oxygen atoms in total. The number of halogens is 1. The van der Waals surface area contributed by atoms with E-state index in [1.54, 1.807) is 29.2 Å². The zero-order chi connectivity index (χ0) is 20.4. The number of fused-ring (bicyclic) bond motifs is 1. The molecule has 0 spiro atoms. The quantitative estimate of drug-likeness (QED) is 0.656. The molecule has 1 amide bonds. The number of nitrogens with zero attached hydrogens (tertiary/aromatic N) is 1. The summed E-state index contributed by atoms with van der Waals surface area (Å²) in [5.41, 5.74) is 1.21. The van der Waals surface area contributed by atoms with Gasteiger partial charge in [-0.15, -0.1) is 11.8 Å². The van der Waals surface area contributed by atoms with E-state index in [2.05, 4.69) is 0 Å². The predicted octanol–water partition coefficient (Wildman–Crippen LogP) is 4.28. The Bertz CT molecular complexity index is 937. The summed E-state index contributed by atoms with van der Waals surface area (Å²) in [4.78, 5) is 27.8. The van der Waals surface area contributed by atoms with Crippen molar-refractivity contribution in [3.05, 3.63) is 58.6 Å². The lowest BCUT2D eigenvalue weighted by molar-refractivity contribution is -0.148. The highest BCUT2D eigenvalue weighted by molar-refractivity contribution is 7.99. The van der Waals surface area contributed by atoms with Crippen LogP contribution in [0.15, 0.2) is 42.5 Å². The van der Waals surface area contributed by atoms with Crippen molar-refractivity contribution < 1.29 is 23.8 Å². The molecule has 29 heavy (non-hydrogen) atoms. The van der Waals surface area contributed by atoms with Crippen LogP contribution in [0.2, 0.25) is 5.02 Å². The maximum absolute atomic E-state index is 13.5. The molecule has 0 bridgehead atoms. The SMILES string of the molecule is CCCOC(=O)C1CSC(c2ccccc2Cl)N1C(=O)c1ccc2c(c1)OCO2. The summed E-state index contributed by atoms with van der Waals surface area (Å²) in [5, 5.41) is 0.164. The number of carbonyl (C=O) groups is 2. The lowest BCUT2D eigenvalue weighted by atomic mass is 10.1. The van der Waals surface area contributed by atoms with Gasteiger partial charge >= 0.3 is 5.97 Å². The molecule has 0 radical (unpaired) electrons. The first-order valence-electron chi connectivity index (χ1n) is 9.35. The van der Waals surface area contributed by atoms with E-state index in [4.69, 9.17) is 25.8 Å². The van der Waals surface area contributed by atoms with E-state index in [1.807, 2.05) is 25.1 Å². The Hall–Kier alpha value is -2.38. The third kappa shape index (κ3) is 3.89. The average Bonchev–Trinajstić information content (AvgIpc) is 3.38. The average molecular weight is 434 g/mol. The summed E-state index contributed by atoms with van der Waals surface area (Å²) in [6.07, 6.45) is 0.718. The molecule has 2 aromatic carbocycles. The van der Waals surface area contributed by atoms with Crippen LogP contribution in [0.1, 0.15) is 34.6 Å². The Morgan fingerprint density at radius 3 is 2.79 bits per heavy atom. The van der Waals surface area contributed by atoms with Crippen LogP contribution in [-0.4, -0.2) is 42.0 Å². The Balaban J connectivity index is 1.69. The fraction of sp³-hybridized carbons (Fsp3) is 0.333. The third-order valence-electron chi connectivity index (χ3n) is 4.75. The first-order chi connectivity index (χ1) is 14.1. The lowest BCUT2D eigenvalue weighted by Crippen LogP contribution is -2.44.